The van der Waals surface area contributed by atoms with Gasteiger partial charge in [-0.05, 0) is 11.8 Å². The summed E-state index contributed by atoms with van der Waals surface area (Å²) in [6.07, 6.45) is -0.756. The van der Waals surface area contributed by atoms with Crippen molar-refractivity contribution in [1.29, 1.82) is 0 Å². The third-order valence-corrected chi connectivity index (χ3v) is 6.65. The normalized spacial score (nSPS) is 37.6. The molecule has 6 atom stereocenters. The van der Waals surface area contributed by atoms with Gasteiger partial charge < -0.3 is 0 Å². The van der Waals surface area contributed by atoms with Gasteiger partial charge in [0.25, 0.3) is 0 Å². The molecule has 0 aromatic heterocycles. The Morgan fingerprint density at radius 2 is 0.741 bits per heavy atom. The van der Waals surface area contributed by atoms with Crippen molar-refractivity contribution in [2.75, 3.05) is 0 Å². The van der Waals surface area contributed by atoms with Crippen LogP contribution in [0.1, 0.15) is 47.0 Å². The molecule has 0 spiro atoms. The summed E-state index contributed by atoms with van der Waals surface area (Å²) in [6.45, 7) is 7.30. The third kappa shape index (κ3) is 3.03. The lowest BCUT2D eigenvalue weighted by Crippen LogP contribution is -2.42. The van der Waals surface area contributed by atoms with Gasteiger partial charge in [-0.2, -0.15) is 0 Å². The van der Waals surface area contributed by atoms with Crippen molar-refractivity contribution >= 4 is 34.7 Å². The summed E-state index contributed by atoms with van der Waals surface area (Å²) in [5.41, 5.74) is 0. The highest BCUT2D eigenvalue weighted by atomic mass is 16.2. The molecule has 3 aliphatic rings. The number of ketones is 6. The Balaban J connectivity index is 2.06. The summed E-state index contributed by atoms with van der Waals surface area (Å²) in [5, 5.41) is 0. The average Bonchev–Trinajstić information content (AvgIpc) is 3.09. The molecule has 3 fully saturated rings. The number of hydrogen-bond donors (Lipinski definition) is 0. The van der Waals surface area contributed by atoms with Crippen LogP contribution >= 0.6 is 0 Å². The van der Waals surface area contributed by atoms with Crippen LogP contribution in [0, 0.1) is 47.3 Å². The summed E-state index contributed by atoms with van der Waals surface area (Å²) in [4.78, 5) is 75.5. The van der Waals surface area contributed by atoms with Gasteiger partial charge in [0.15, 0.2) is 0 Å². The Morgan fingerprint density at radius 1 is 0.481 bits per heavy atom. The number of carbonyl (C=O) groups is 6. The Labute approximate surface area is 158 Å². The molecule has 0 aromatic carbocycles. The first-order valence-electron chi connectivity index (χ1n) is 9.72. The summed E-state index contributed by atoms with van der Waals surface area (Å²) < 4.78 is 0. The van der Waals surface area contributed by atoms with Crippen LogP contribution in [0.4, 0.5) is 0 Å². The van der Waals surface area contributed by atoms with Crippen molar-refractivity contribution in [1.82, 2.24) is 0 Å². The van der Waals surface area contributed by atoms with E-state index in [1.165, 1.54) is 0 Å². The van der Waals surface area contributed by atoms with E-state index in [2.05, 4.69) is 0 Å². The molecule has 0 radical (unpaired) electrons. The van der Waals surface area contributed by atoms with E-state index in [0.717, 1.165) is 0 Å². The summed E-state index contributed by atoms with van der Waals surface area (Å²) in [6, 6.07) is 0. The van der Waals surface area contributed by atoms with Crippen molar-refractivity contribution < 1.29 is 28.8 Å². The molecule has 3 rings (SSSR count). The zero-order chi connectivity index (χ0) is 20.2. The minimum Gasteiger partial charge on any atom is -0.299 e. The van der Waals surface area contributed by atoms with Gasteiger partial charge in [0.2, 0.25) is 0 Å². The summed E-state index contributed by atoms with van der Waals surface area (Å²) >= 11 is 0. The van der Waals surface area contributed by atoms with Gasteiger partial charge in [0.05, 0.1) is 19.3 Å². The standard InChI is InChI=1S/C21H26O6/c1-8(2)16-10(22)5-12(24)18(16)20-14(26)7-15(27)21(20)19-13(25)6-11(23)17(19)9(3)4/h8-9,16-21H,5-7H2,1-4H3. The average molecular weight is 374 g/mol. The van der Waals surface area contributed by atoms with E-state index < -0.39 is 35.5 Å². The van der Waals surface area contributed by atoms with Crippen LogP contribution in [-0.2, 0) is 28.8 Å². The van der Waals surface area contributed by atoms with Crippen LogP contribution in [-0.4, -0.2) is 34.7 Å². The molecule has 0 bridgehead atoms. The SMILES string of the molecule is CC(C)C1C(=O)CC(=O)C1C1C(=O)CC(=O)C1C1C(=O)CC(=O)C1C(C)C. The zero-order valence-electron chi connectivity index (χ0n) is 16.2. The van der Waals surface area contributed by atoms with Crippen molar-refractivity contribution in [2.45, 2.75) is 47.0 Å². The maximum Gasteiger partial charge on any atom is 0.144 e. The van der Waals surface area contributed by atoms with E-state index in [1.54, 1.807) is 0 Å². The van der Waals surface area contributed by atoms with Gasteiger partial charge in [0, 0.05) is 35.5 Å². The highest BCUT2D eigenvalue weighted by Crippen LogP contribution is 2.50. The molecule has 27 heavy (non-hydrogen) atoms. The maximum absolute atomic E-state index is 12.7. The molecule has 0 amide bonds. The van der Waals surface area contributed by atoms with Gasteiger partial charge in [-0.1, -0.05) is 27.7 Å². The second-order valence-corrected chi connectivity index (χ2v) is 8.97. The first kappa shape index (κ1) is 19.8. The molecule has 3 aliphatic carbocycles. The second kappa shape index (κ2) is 6.88. The predicted octanol–water partition coefficient (Wildman–Crippen LogP) is 1.62. The van der Waals surface area contributed by atoms with Crippen LogP contribution in [0.3, 0.4) is 0 Å². The van der Waals surface area contributed by atoms with Crippen molar-refractivity contribution in [3.05, 3.63) is 0 Å². The lowest BCUT2D eigenvalue weighted by Gasteiger charge is -2.33. The van der Waals surface area contributed by atoms with E-state index in [1.807, 2.05) is 27.7 Å². The fraction of sp³-hybridized carbons (Fsp3) is 0.714. The predicted molar refractivity (Wildman–Crippen MR) is 94.5 cm³/mol. The summed E-state index contributed by atoms with van der Waals surface area (Å²) in [5.74, 6) is -6.83. The van der Waals surface area contributed by atoms with E-state index in [-0.39, 0.29) is 65.8 Å². The smallest absolute Gasteiger partial charge is 0.144 e. The topological polar surface area (TPSA) is 102 Å². The molecule has 0 aliphatic heterocycles. The minimum absolute atomic E-state index is 0.139. The van der Waals surface area contributed by atoms with Gasteiger partial charge in [-0.3, -0.25) is 28.8 Å². The van der Waals surface area contributed by atoms with Crippen LogP contribution in [0.15, 0.2) is 0 Å². The molecule has 0 aromatic rings. The van der Waals surface area contributed by atoms with Crippen molar-refractivity contribution in [3.8, 4) is 0 Å². The lowest BCUT2D eigenvalue weighted by atomic mass is 9.66. The third-order valence-electron chi connectivity index (χ3n) is 6.65. The van der Waals surface area contributed by atoms with E-state index in [9.17, 15) is 28.8 Å². The molecule has 6 nitrogen and oxygen atoms in total. The molecular formula is C21H26O6. The van der Waals surface area contributed by atoms with Crippen molar-refractivity contribution in [2.24, 2.45) is 47.3 Å². The maximum atomic E-state index is 12.7. The number of rotatable bonds is 4. The Hall–Kier alpha value is -1.98. The van der Waals surface area contributed by atoms with Crippen LogP contribution in [0.25, 0.3) is 0 Å². The lowest BCUT2D eigenvalue weighted by molar-refractivity contribution is -0.137. The molecule has 0 heterocycles. The zero-order valence-corrected chi connectivity index (χ0v) is 16.2. The van der Waals surface area contributed by atoms with Crippen LogP contribution < -0.4 is 0 Å². The first-order valence-corrected chi connectivity index (χ1v) is 9.72. The highest BCUT2D eigenvalue weighted by Gasteiger charge is 2.61. The van der Waals surface area contributed by atoms with E-state index in [0.29, 0.717) is 0 Å². The minimum atomic E-state index is -0.954. The van der Waals surface area contributed by atoms with E-state index in [4.69, 9.17) is 0 Å². The monoisotopic (exact) mass is 374 g/mol. The van der Waals surface area contributed by atoms with Gasteiger partial charge in [-0.25, -0.2) is 0 Å². The fourth-order valence-electron chi connectivity index (χ4n) is 5.69. The Bertz CT molecular complexity index is 684. The molecule has 146 valence electrons. The Morgan fingerprint density at radius 3 is 1.04 bits per heavy atom. The Kier molecular flexibility index (Phi) is 5.04. The van der Waals surface area contributed by atoms with Crippen LogP contribution in [0.2, 0.25) is 0 Å². The molecule has 0 saturated heterocycles. The van der Waals surface area contributed by atoms with Crippen molar-refractivity contribution in [3.63, 3.8) is 0 Å². The van der Waals surface area contributed by atoms with Gasteiger partial charge in [0.1, 0.15) is 34.7 Å². The number of hydrogen-bond acceptors (Lipinski definition) is 6. The quantitative estimate of drug-likeness (QED) is 0.693. The summed E-state index contributed by atoms with van der Waals surface area (Å²) in [7, 11) is 0. The fourth-order valence-corrected chi connectivity index (χ4v) is 5.69. The second-order valence-electron chi connectivity index (χ2n) is 8.97. The first-order chi connectivity index (χ1) is 12.6. The molecule has 0 N–H and O–H groups in total. The van der Waals surface area contributed by atoms with E-state index >= 15 is 0 Å². The molecule has 6 heteroatoms. The molecule has 6 unspecified atom stereocenters. The number of carbonyl (C=O) groups excluding carboxylic acids is 6. The van der Waals surface area contributed by atoms with Gasteiger partial charge >= 0.3 is 0 Å². The largest absolute Gasteiger partial charge is 0.299 e. The molecule has 3 saturated carbocycles. The highest BCUT2D eigenvalue weighted by molar-refractivity contribution is 6.17. The van der Waals surface area contributed by atoms with Gasteiger partial charge in [-0.15, -0.1) is 0 Å². The number of Topliss-reactive ketones (excluding diaryl/α,β-unsaturated/α-hetero) is 6. The molecular weight excluding hydrogens is 348 g/mol. The van der Waals surface area contributed by atoms with Crippen LogP contribution in [0.5, 0.6) is 0 Å².